The molecular formula is C7H11F3. The van der Waals surface area contributed by atoms with E-state index in [1.165, 1.54) is 6.92 Å². The number of hydrogen-bond donors (Lipinski definition) is 0. The molecule has 0 saturated heterocycles. The largest absolute Gasteiger partial charge is 0.287 e. The normalized spacial score (nSPS) is 43.5. The highest BCUT2D eigenvalue weighted by molar-refractivity contribution is 5.19. The smallest absolute Gasteiger partial charge is 0.237 e. The van der Waals surface area contributed by atoms with Gasteiger partial charge in [0, 0.05) is 0 Å². The van der Waals surface area contributed by atoms with E-state index in [1.54, 1.807) is 6.92 Å². The molecule has 0 aromatic carbocycles. The molecule has 0 spiro atoms. The summed E-state index contributed by atoms with van der Waals surface area (Å²) in [5, 5.41) is 0. The lowest BCUT2D eigenvalue weighted by molar-refractivity contribution is 0.0382. The van der Waals surface area contributed by atoms with Crippen molar-refractivity contribution in [3.05, 3.63) is 0 Å². The molecule has 0 heterocycles. The van der Waals surface area contributed by atoms with E-state index in [-0.39, 0.29) is 12.8 Å². The predicted octanol–water partition coefficient (Wildman–Crippen LogP) is 2.78. The highest BCUT2D eigenvalue weighted by Crippen LogP contribution is 2.64. The average Bonchev–Trinajstić information content (AvgIpc) is 2.29. The zero-order valence-corrected chi connectivity index (χ0v) is 6.13. The van der Waals surface area contributed by atoms with Crippen molar-refractivity contribution >= 4 is 0 Å². The standard InChI is InChI=1S/C7H11F3/c1-3-5-6(8,4-2)7(5,9)10/h5H,3-4H2,1-2H3. The molecule has 1 rings (SSSR count). The Morgan fingerprint density at radius 3 is 1.80 bits per heavy atom. The van der Waals surface area contributed by atoms with Crippen LogP contribution in [-0.2, 0) is 0 Å². The first kappa shape index (κ1) is 7.89. The molecule has 0 N–H and O–H groups in total. The van der Waals surface area contributed by atoms with E-state index in [2.05, 4.69) is 0 Å². The SMILES string of the molecule is CCC1C(F)(F)C1(F)CC. The van der Waals surface area contributed by atoms with Gasteiger partial charge < -0.3 is 0 Å². The van der Waals surface area contributed by atoms with Crippen LogP contribution in [0.15, 0.2) is 0 Å². The molecule has 1 fully saturated rings. The van der Waals surface area contributed by atoms with E-state index in [0.29, 0.717) is 0 Å². The van der Waals surface area contributed by atoms with E-state index in [9.17, 15) is 13.2 Å². The maximum Gasteiger partial charge on any atom is 0.287 e. The van der Waals surface area contributed by atoms with E-state index in [0.717, 1.165) is 0 Å². The van der Waals surface area contributed by atoms with Crippen molar-refractivity contribution in [2.24, 2.45) is 5.92 Å². The van der Waals surface area contributed by atoms with Crippen LogP contribution in [0.4, 0.5) is 13.2 Å². The van der Waals surface area contributed by atoms with Crippen molar-refractivity contribution in [3.63, 3.8) is 0 Å². The van der Waals surface area contributed by atoms with Crippen molar-refractivity contribution in [1.82, 2.24) is 0 Å². The van der Waals surface area contributed by atoms with Gasteiger partial charge in [0.05, 0.1) is 5.92 Å². The highest BCUT2D eigenvalue weighted by Gasteiger charge is 2.80. The molecular weight excluding hydrogens is 141 g/mol. The fourth-order valence-corrected chi connectivity index (χ4v) is 1.56. The lowest BCUT2D eigenvalue weighted by Crippen LogP contribution is -2.09. The van der Waals surface area contributed by atoms with Gasteiger partial charge in [0.25, 0.3) is 5.92 Å². The van der Waals surface area contributed by atoms with Gasteiger partial charge >= 0.3 is 0 Å². The Kier molecular flexibility index (Phi) is 1.49. The summed E-state index contributed by atoms with van der Waals surface area (Å²) in [6.07, 6.45) is 0.163. The summed E-state index contributed by atoms with van der Waals surface area (Å²) < 4.78 is 37.9. The minimum absolute atomic E-state index is 0.0709. The molecule has 3 heteroatoms. The van der Waals surface area contributed by atoms with Crippen molar-refractivity contribution in [2.45, 2.75) is 38.3 Å². The molecule has 2 unspecified atom stereocenters. The Balaban J connectivity index is 2.68. The molecule has 1 aliphatic carbocycles. The van der Waals surface area contributed by atoms with Crippen LogP contribution in [0.25, 0.3) is 0 Å². The maximum absolute atomic E-state index is 12.9. The fraction of sp³-hybridized carbons (Fsp3) is 1.00. The van der Waals surface area contributed by atoms with E-state index in [1.807, 2.05) is 0 Å². The first-order valence-corrected chi connectivity index (χ1v) is 3.57. The van der Waals surface area contributed by atoms with Crippen molar-refractivity contribution in [3.8, 4) is 0 Å². The monoisotopic (exact) mass is 152 g/mol. The molecule has 0 radical (unpaired) electrons. The Bertz CT molecular complexity index is 144. The zero-order valence-electron chi connectivity index (χ0n) is 6.13. The summed E-state index contributed by atoms with van der Waals surface area (Å²) in [5.74, 6) is -4.07. The molecule has 1 saturated carbocycles. The molecule has 0 bridgehead atoms. The molecule has 0 aromatic rings. The Morgan fingerprint density at radius 1 is 1.20 bits per heavy atom. The number of alkyl halides is 3. The van der Waals surface area contributed by atoms with Gasteiger partial charge in [0.2, 0.25) is 0 Å². The van der Waals surface area contributed by atoms with E-state index >= 15 is 0 Å². The van der Waals surface area contributed by atoms with E-state index in [4.69, 9.17) is 0 Å². The van der Waals surface area contributed by atoms with Crippen LogP contribution in [0, 0.1) is 5.92 Å². The summed E-state index contributed by atoms with van der Waals surface area (Å²) >= 11 is 0. The zero-order chi connectivity index (χ0) is 7.99. The van der Waals surface area contributed by atoms with Crippen LogP contribution < -0.4 is 0 Å². The third-order valence-electron chi connectivity index (χ3n) is 2.38. The second-order valence-corrected chi connectivity index (χ2v) is 2.80. The summed E-state index contributed by atoms with van der Waals surface area (Å²) in [5.41, 5.74) is -2.18. The maximum atomic E-state index is 12.9. The van der Waals surface area contributed by atoms with Gasteiger partial charge in [0.1, 0.15) is 0 Å². The van der Waals surface area contributed by atoms with Crippen molar-refractivity contribution in [2.75, 3.05) is 0 Å². The van der Waals surface area contributed by atoms with Crippen LogP contribution in [0.3, 0.4) is 0 Å². The summed E-state index contributed by atoms with van der Waals surface area (Å²) in [6, 6.07) is 0. The second kappa shape index (κ2) is 1.89. The predicted molar refractivity (Wildman–Crippen MR) is 32.9 cm³/mol. The lowest BCUT2D eigenvalue weighted by atomic mass is 10.2. The molecule has 2 atom stereocenters. The first-order valence-electron chi connectivity index (χ1n) is 3.57. The fourth-order valence-electron chi connectivity index (χ4n) is 1.56. The number of rotatable bonds is 2. The van der Waals surface area contributed by atoms with Crippen LogP contribution in [0.2, 0.25) is 0 Å². The molecule has 10 heavy (non-hydrogen) atoms. The highest BCUT2D eigenvalue weighted by atomic mass is 19.3. The topological polar surface area (TPSA) is 0 Å². The summed E-state index contributed by atoms with van der Waals surface area (Å²) in [4.78, 5) is 0. The van der Waals surface area contributed by atoms with Gasteiger partial charge in [-0.3, -0.25) is 0 Å². The molecule has 1 aliphatic rings. The molecule has 0 nitrogen and oxygen atoms in total. The van der Waals surface area contributed by atoms with Gasteiger partial charge in [-0.25, -0.2) is 13.2 Å². The molecule has 0 aromatic heterocycles. The Labute approximate surface area is 58.4 Å². The van der Waals surface area contributed by atoms with Gasteiger partial charge in [-0.15, -0.1) is 0 Å². The van der Waals surface area contributed by atoms with Crippen molar-refractivity contribution in [1.29, 1.82) is 0 Å². The molecule has 60 valence electrons. The summed E-state index contributed by atoms with van der Waals surface area (Å²) in [6.45, 7) is 3.05. The third kappa shape index (κ3) is 0.635. The van der Waals surface area contributed by atoms with Crippen LogP contribution in [0.1, 0.15) is 26.7 Å². The summed E-state index contributed by atoms with van der Waals surface area (Å²) in [7, 11) is 0. The Morgan fingerprint density at radius 2 is 1.70 bits per heavy atom. The van der Waals surface area contributed by atoms with Gasteiger partial charge in [-0.2, -0.15) is 0 Å². The van der Waals surface area contributed by atoms with Gasteiger partial charge in [-0.1, -0.05) is 13.8 Å². The first-order chi connectivity index (χ1) is 4.50. The number of hydrogen-bond acceptors (Lipinski definition) is 0. The third-order valence-corrected chi connectivity index (χ3v) is 2.38. The minimum atomic E-state index is -3.05. The lowest BCUT2D eigenvalue weighted by Gasteiger charge is -1.98. The molecule has 0 amide bonds. The van der Waals surface area contributed by atoms with Gasteiger partial charge in [-0.05, 0) is 12.8 Å². The van der Waals surface area contributed by atoms with Gasteiger partial charge in [0.15, 0.2) is 5.67 Å². The number of halogens is 3. The Hall–Kier alpha value is -0.210. The minimum Gasteiger partial charge on any atom is -0.237 e. The average molecular weight is 152 g/mol. The van der Waals surface area contributed by atoms with Crippen LogP contribution in [0.5, 0.6) is 0 Å². The molecule has 0 aliphatic heterocycles. The van der Waals surface area contributed by atoms with Crippen LogP contribution in [-0.4, -0.2) is 11.6 Å². The van der Waals surface area contributed by atoms with E-state index < -0.39 is 17.5 Å². The van der Waals surface area contributed by atoms with Crippen LogP contribution >= 0.6 is 0 Å². The second-order valence-electron chi connectivity index (χ2n) is 2.80. The quantitative estimate of drug-likeness (QED) is 0.570. The van der Waals surface area contributed by atoms with Crippen molar-refractivity contribution < 1.29 is 13.2 Å².